The van der Waals surface area contributed by atoms with Gasteiger partial charge in [0.25, 0.3) is 0 Å². The molecule has 18 heavy (non-hydrogen) atoms. The molecule has 104 valence electrons. The first-order valence-electron chi connectivity index (χ1n) is 7.27. The Morgan fingerprint density at radius 1 is 1.22 bits per heavy atom. The molecule has 0 aromatic carbocycles. The highest BCUT2D eigenvalue weighted by Gasteiger charge is 2.45. The van der Waals surface area contributed by atoms with E-state index in [1.807, 2.05) is 11.8 Å². The molecule has 0 bridgehead atoms. The number of nitrogens with two attached hydrogens (primary N) is 1. The van der Waals surface area contributed by atoms with Crippen molar-refractivity contribution in [1.82, 2.24) is 0 Å². The molecule has 0 heterocycles. The SMILES string of the molecule is NC1(C(=O)O)CCCC1CCSC1CCCCC1. The second-order valence-electron chi connectivity index (χ2n) is 5.85. The Balaban J connectivity index is 1.74. The van der Waals surface area contributed by atoms with Crippen LogP contribution in [0.3, 0.4) is 0 Å². The largest absolute Gasteiger partial charge is 0.480 e. The quantitative estimate of drug-likeness (QED) is 0.807. The lowest BCUT2D eigenvalue weighted by molar-refractivity contribution is -0.144. The summed E-state index contributed by atoms with van der Waals surface area (Å²) in [5.74, 6) is 0.473. The van der Waals surface area contributed by atoms with Gasteiger partial charge in [-0.25, -0.2) is 0 Å². The van der Waals surface area contributed by atoms with Crippen LogP contribution in [0.25, 0.3) is 0 Å². The topological polar surface area (TPSA) is 63.3 Å². The monoisotopic (exact) mass is 271 g/mol. The fourth-order valence-corrected chi connectivity index (χ4v) is 4.82. The number of hydrogen-bond donors (Lipinski definition) is 2. The summed E-state index contributed by atoms with van der Waals surface area (Å²) in [6.45, 7) is 0. The number of thioether (sulfide) groups is 1. The van der Waals surface area contributed by atoms with Crippen LogP contribution in [0.15, 0.2) is 0 Å². The van der Waals surface area contributed by atoms with Crippen molar-refractivity contribution in [3.63, 3.8) is 0 Å². The number of rotatable bonds is 5. The van der Waals surface area contributed by atoms with E-state index in [-0.39, 0.29) is 5.92 Å². The van der Waals surface area contributed by atoms with Crippen LogP contribution in [0.2, 0.25) is 0 Å². The average molecular weight is 271 g/mol. The minimum absolute atomic E-state index is 0.186. The molecule has 2 aliphatic rings. The van der Waals surface area contributed by atoms with Crippen molar-refractivity contribution in [3.05, 3.63) is 0 Å². The van der Waals surface area contributed by atoms with Gasteiger partial charge in [0.2, 0.25) is 0 Å². The van der Waals surface area contributed by atoms with Crippen LogP contribution < -0.4 is 5.73 Å². The smallest absolute Gasteiger partial charge is 0.323 e. The van der Waals surface area contributed by atoms with E-state index >= 15 is 0 Å². The van der Waals surface area contributed by atoms with E-state index < -0.39 is 11.5 Å². The number of carboxylic acids is 1. The van der Waals surface area contributed by atoms with Gasteiger partial charge in [-0.05, 0) is 43.8 Å². The van der Waals surface area contributed by atoms with Crippen LogP contribution in [-0.2, 0) is 4.79 Å². The average Bonchev–Trinajstić information content (AvgIpc) is 2.74. The maximum atomic E-state index is 11.3. The lowest BCUT2D eigenvalue weighted by Gasteiger charge is -2.27. The zero-order valence-electron chi connectivity index (χ0n) is 11.1. The van der Waals surface area contributed by atoms with E-state index in [0.717, 1.165) is 30.3 Å². The van der Waals surface area contributed by atoms with Gasteiger partial charge in [-0.2, -0.15) is 11.8 Å². The Morgan fingerprint density at radius 2 is 1.94 bits per heavy atom. The minimum Gasteiger partial charge on any atom is -0.480 e. The Hall–Kier alpha value is -0.220. The van der Waals surface area contributed by atoms with E-state index in [1.54, 1.807) is 0 Å². The number of carbonyl (C=O) groups is 1. The Bertz CT molecular complexity index is 292. The molecular formula is C14H25NO2S. The van der Waals surface area contributed by atoms with Gasteiger partial charge in [0.05, 0.1) is 0 Å². The van der Waals surface area contributed by atoms with E-state index in [2.05, 4.69) is 0 Å². The van der Waals surface area contributed by atoms with Crippen molar-refractivity contribution < 1.29 is 9.90 Å². The number of aliphatic carboxylic acids is 1. The molecule has 3 N–H and O–H groups in total. The van der Waals surface area contributed by atoms with E-state index in [9.17, 15) is 9.90 Å². The van der Waals surface area contributed by atoms with Crippen molar-refractivity contribution in [3.8, 4) is 0 Å². The van der Waals surface area contributed by atoms with Gasteiger partial charge in [-0.3, -0.25) is 4.79 Å². The molecule has 0 saturated heterocycles. The predicted octanol–water partition coefficient (Wildman–Crippen LogP) is 3.02. The van der Waals surface area contributed by atoms with Gasteiger partial charge in [0, 0.05) is 5.25 Å². The van der Waals surface area contributed by atoms with Crippen LogP contribution >= 0.6 is 11.8 Å². The molecule has 2 unspecified atom stereocenters. The fourth-order valence-electron chi connectivity index (χ4n) is 3.39. The zero-order chi connectivity index (χ0) is 13.0. The Kier molecular flexibility index (Phi) is 4.96. The normalized spacial score (nSPS) is 33.7. The van der Waals surface area contributed by atoms with Gasteiger partial charge in [-0.15, -0.1) is 0 Å². The van der Waals surface area contributed by atoms with Gasteiger partial charge in [0.1, 0.15) is 5.54 Å². The molecule has 0 amide bonds. The molecule has 0 radical (unpaired) electrons. The van der Waals surface area contributed by atoms with Crippen molar-refractivity contribution in [2.75, 3.05) is 5.75 Å². The molecule has 2 aliphatic carbocycles. The Labute approximate surface area is 114 Å². The molecule has 0 spiro atoms. The maximum absolute atomic E-state index is 11.3. The van der Waals surface area contributed by atoms with Gasteiger partial charge >= 0.3 is 5.97 Å². The molecule has 2 atom stereocenters. The molecule has 2 fully saturated rings. The van der Waals surface area contributed by atoms with Crippen molar-refractivity contribution in [1.29, 1.82) is 0 Å². The third-order valence-corrected chi connectivity index (χ3v) is 6.06. The number of hydrogen-bond acceptors (Lipinski definition) is 3. The molecule has 2 rings (SSSR count). The second kappa shape index (κ2) is 6.29. The van der Waals surface area contributed by atoms with Crippen molar-refractivity contribution in [2.45, 2.75) is 68.6 Å². The molecule has 0 aromatic heterocycles. The summed E-state index contributed by atoms with van der Waals surface area (Å²) in [7, 11) is 0. The highest BCUT2D eigenvalue weighted by Crippen LogP contribution is 2.38. The minimum atomic E-state index is -0.937. The van der Waals surface area contributed by atoms with Crippen molar-refractivity contribution in [2.24, 2.45) is 11.7 Å². The third-order valence-electron chi connectivity index (χ3n) is 4.64. The van der Waals surface area contributed by atoms with E-state index in [4.69, 9.17) is 5.73 Å². The predicted molar refractivity (Wildman–Crippen MR) is 75.8 cm³/mol. The summed E-state index contributed by atoms with van der Waals surface area (Å²) in [6.07, 6.45) is 10.4. The summed E-state index contributed by atoms with van der Waals surface area (Å²) < 4.78 is 0. The first-order valence-corrected chi connectivity index (χ1v) is 8.31. The lowest BCUT2D eigenvalue weighted by Crippen LogP contribution is -2.51. The fraction of sp³-hybridized carbons (Fsp3) is 0.929. The van der Waals surface area contributed by atoms with Gasteiger partial charge < -0.3 is 10.8 Å². The molecular weight excluding hydrogens is 246 g/mol. The first-order chi connectivity index (χ1) is 8.63. The van der Waals surface area contributed by atoms with Crippen LogP contribution in [0.1, 0.15) is 57.8 Å². The molecule has 2 saturated carbocycles. The third kappa shape index (κ3) is 3.21. The van der Waals surface area contributed by atoms with Gasteiger partial charge in [0.15, 0.2) is 0 Å². The summed E-state index contributed by atoms with van der Waals surface area (Å²) >= 11 is 2.05. The van der Waals surface area contributed by atoms with Crippen LogP contribution in [0.4, 0.5) is 0 Å². The highest BCUT2D eigenvalue weighted by molar-refractivity contribution is 7.99. The second-order valence-corrected chi connectivity index (χ2v) is 7.26. The lowest BCUT2D eigenvalue weighted by atomic mass is 9.86. The van der Waals surface area contributed by atoms with Crippen LogP contribution in [0, 0.1) is 5.92 Å². The number of carboxylic acid groups (broad SMARTS) is 1. The molecule has 3 nitrogen and oxygen atoms in total. The standard InChI is InChI=1S/C14H25NO2S/c15-14(13(16)17)9-4-5-11(14)8-10-18-12-6-2-1-3-7-12/h11-12H,1-10,15H2,(H,16,17). The Morgan fingerprint density at radius 3 is 2.61 bits per heavy atom. The molecule has 0 aromatic rings. The van der Waals surface area contributed by atoms with Gasteiger partial charge in [-0.1, -0.05) is 25.7 Å². The summed E-state index contributed by atoms with van der Waals surface area (Å²) in [4.78, 5) is 11.3. The van der Waals surface area contributed by atoms with E-state index in [0.29, 0.717) is 6.42 Å². The zero-order valence-corrected chi connectivity index (χ0v) is 11.9. The highest BCUT2D eigenvalue weighted by atomic mass is 32.2. The summed E-state index contributed by atoms with van der Waals surface area (Å²) in [6, 6.07) is 0. The maximum Gasteiger partial charge on any atom is 0.323 e. The molecule has 0 aliphatic heterocycles. The van der Waals surface area contributed by atoms with Crippen molar-refractivity contribution >= 4 is 17.7 Å². The first kappa shape index (κ1) is 14.2. The summed E-state index contributed by atoms with van der Waals surface area (Å²) in [5.41, 5.74) is 5.12. The van der Waals surface area contributed by atoms with E-state index in [1.165, 1.54) is 32.1 Å². The summed E-state index contributed by atoms with van der Waals surface area (Å²) in [5, 5.41) is 10.1. The molecule has 4 heteroatoms. The van der Waals surface area contributed by atoms with Crippen LogP contribution in [-0.4, -0.2) is 27.6 Å². The van der Waals surface area contributed by atoms with Crippen LogP contribution in [0.5, 0.6) is 0 Å².